The lowest BCUT2D eigenvalue weighted by molar-refractivity contribution is -0.384. The number of amides is 1. The van der Waals surface area contributed by atoms with Gasteiger partial charge in [0.05, 0.1) is 28.1 Å². The highest BCUT2D eigenvalue weighted by molar-refractivity contribution is 9.10. The molecular weight excluding hydrogens is 502 g/mol. The van der Waals surface area contributed by atoms with Crippen LogP contribution in [0.1, 0.15) is 18.7 Å². The Morgan fingerprint density at radius 1 is 1.31 bits per heavy atom. The van der Waals surface area contributed by atoms with E-state index in [9.17, 15) is 14.9 Å². The van der Waals surface area contributed by atoms with E-state index in [2.05, 4.69) is 36.3 Å². The minimum Gasteiger partial charge on any atom is -0.338 e. The van der Waals surface area contributed by atoms with Crippen molar-refractivity contribution in [2.75, 3.05) is 18.4 Å². The molecule has 1 N–H and O–H groups in total. The summed E-state index contributed by atoms with van der Waals surface area (Å²) in [4.78, 5) is 29.8. The van der Waals surface area contributed by atoms with Gasteiger partial charge in [0.15, 0.2) is 0 Å². The fraction of sp³-hybridized carbons (Fsp3) is 0.286. The molecule has 166 valence electrons. The number of benzene rings is 2. The third kappa shape index (κ3) is 5.32. The predicted octanol–water partition coefficient (Wildman–Crippen LogP) is 4.91. The summed E-state index contributed by atoms with van der Waals surface area (Å²) in [7, 11) is 0. The molecule has 1 aromatic heterocycles. The van der Waals surface area contributed by atoms with Gasteiger partial charge in [-0.15, -0.1) is 0 Å². The van der Waals surface area contributed by atoms with Gasteiger partial charge in [-0.25, -0.2) is 0 Å². The average molecular weight is 521 g/mol. The number of anilines is 1. The molecule has 1 aliphatic heterocycles. The first-order valence-electron chi connectivity index (χ1n) is 9.95. The number of nitrogens with one attached hydrogen (secondary N) is 1. The lowest BCUT2D eigenvalue weighted by Gasteiger charge is -2.30. The van der Waals surface area contributed by atoms with Crippen molar-refractivity contribution in [1.82, 2.24) is 15.0 Å². The van der Waals surface area contributed by atoms with E-state index in [4.69, 9.17) is 16.1 Å². The maximum absolute atomic E-state index is 12.8. The van der Waals surface area contributed by atoms with Gasteiger partial charge in [-0.1, -0.05) is 32.7 Å². The lowest BCUT2D eigenvalue weighted by Crippen LogP contribution is -2.40. The Morgan fingerprint density at radius 2 is 2.09 bits per heavy atom. The Morgan fingerprint density at radius 3 is 2.84 bits per heavy atom. The van der Waals surface area contributed by atoms with E-state index >= 15 is 0 Å². The van der Waals surface area contributed by atoms with Crippen LogP contribution in [0.25, 0.3) is 11.4 Å². The van der Waals surface area contributed by atoms with E-state index in [-0.39, 0.29) is 28.2 Å². The topological polar surface area (TPSA) is 114 Å². The van der Waals surface area contributed by atoms with Gasteiger partial charge in [0.25, 0.3) is 5.69 Å². The van der Waals surface area contributed by atoms with Crippen LogP contribution in [0.3, 0.4) is 0 Å². The van der Waals surface area contributed by atoms with E-state index in [0.717, 1.165) is 23.0 Å². The molecule has 0 spiro atoms. The summed E-state index contributed by atoms with van der Waals surface area (Å²) in [6.45, 7) is 1.75. The molecule has 0 aliphatic carbocycles. The van der Waals surface area contributed by atoms with Crippen molar-refractivity contribution in [2.45, 2.75) is 19.4 Å². The Balaban J connectivity index is 1.38. The van der Waals surface area contributed by atoms with Crippen molar-refractivity contribution in [3.63, 3.8) is 0 Å². The van der Waals surface area contributed by atoms with Gasteiger partial charge in [-0.3, -0.25) is 19.8 Å². The van der Waals surface area contributed by atoms with E-state index in [1.165, 1.54) is 18.2 Å². The molecule has 1 atom stereocenters. The monoisotopic (exact) mass is 519 g/mol. The van der Waals surface area contributed by atoms with Crippen LogP contribution in [0.5, 0.6) is 0 Å². The van der Waals surface area contributed by atoms with Gasteiger partial charge < -0.3 is 9.84 Å². The number of rotatable bonds is 6. The Bertz CT molecular complexity index is 1140. The molecular formula is C21H19BrClN5O4. The molecule has 1 amide bonds. The third-order valence-electron chi connectivity index (χ3n) is 5.22. The van der Waals surface area contributed by atoms with Gasteiger partial charge in [-0.2, -0.15) is 4.98 Å². The first kappa shape index (κ1) is 22.4. The quantitative estimate of drug-likeness (QED) is 0.363. The second-order valence-electron chi connectivity index (χ2n) is 7.50. The molecule has 1 fully saturated rings. The smallest absolute Gasteiger partial charge is 0.271 e. The molecule has 2 aromatic carbocycles. The summed E-state index contributed by atoms with van der Waals surface area (Å²) in [6, 6.07) is 11.6. The van der Waals surface area contributed by atoms with Crippen LogP contribution in [0.2, 0.25) is 5.02 Å². The highest BCUT2D eigenvalue weighted by Crippen LogP contribution is 2.28. The minimum absolute atomic E-state index is 0.132. The molecule has 1 saturated heterocycles. The van der Waals surface area contributed by atoms with Crippen molar-refractivity contribution >= 4 is 44.8 Å². The molecule has 11 heteroatoms. The van der Waals surface area contributed by atoms with Gasteiger partial charge in [0, 0.05) is 28.7 Å². The normalized spacial score (nSPS) is 16.6. The molecule has 4 rings (SSSR count). The summed E-state index contributed by atoms with van der Waals surface area (Å²) in [6.07, 6.45) is 1.54. The van der Waals surface area contributed by atoms with Crippen LogP contribution in [0.15, 0.2) is 51.5 Å². The largest absolute Gasteiger partial charge is 0.338 e. The second-order valence-corrected chi connectivity index (χ2v) is 8.83. The summed E-state index contributed by atoms with van der Waals surface area (Å²) in [5.41, 5.74) is 0.958. The van der Waals surface area contributed by atoms with E-state index in [0.29, 0.717) is 31.2 Å². The number of carbonyl (C=O) groups excluding carboxylic acids is 1. The van der Waals surface area contributed by atoms with Gasteiger partial charge >= 0.3 is 0 Å². The van der Waals surface area contributed by atoms with Gasteiger partial charge in [0.1, 0.15) is 0 Å². The molecule has 0 bridgehead atoms. The number of nitro benzene ring substituents is 1. The number of hydrogen-bond donors (Lipinski definition) is 1. The molecule has 32 heavy (non-hydrogen) atoms. The van der Waals surface area contributed by atoms with E-state index < -0.39 is 4.92 Å². The zero-order valence-corrected chi connectivity index (χ0v) is 19.2. The molecule has 1 unspecified atom stereocenters. The Labute approximate surface area is 197 Å². The molecule has 9 nitrogen and oxygen atoms in total. The van der Waals surface area contributed by atoms with Crippen LogP contribution in [0.4, 0.5) is 11.4 Å². The third-order valence-corrected chi connectivity index (χ3v) is 6.08. The number of hydrogen-bond acceptors (Lipinski definition) is 7. The van der Waals surface area contributed by atoms with Crippen molar-refractivity contribution in [1.29, 1.82) is 0 Å². The van der Waals surface area contributed by atoms with E-state index in [1.807, 2.05) is 24.3 Å². The first-order chi connectivity index (χ1) is 15.4. The highest BCUT2D eigenvalue weighted by atomic mass is 79.9. The summed E-state index contributed by atoms with van der Waals surface area (Å²) < 4.78 is 6.37. The highest BCUT2D eigenvalue weighted by Gasteiger charge is 2.27. The number of nitrogens with zero attached hydrogens (tertiary/aromatic N) is 4. The van der Waals surface area contributed by atoms with Gasteiger partial charge in [-0.05, 0) is 49.7 Å². The van der Waals surface area contributed by atoms with Crippen molar-refractivity contribution in [3.8, 4) is 11.4 Å². The number of carbonyl (C=O) groups is 1. The molecule has 0 radical (unpaired) electrons. The van der Waals surface area contributed by atoms with Crippen LogP contribution < -0.4 is 5.32 Å². The molecule has 0 saturated carbocycles. The van der Waals surface area contributed by atoms with Gasteiger partial charge in [0.2, 0.25) is 17.6 Å². The number of non-ortho nitro benzene ring substituents is 1. The summed E-state index contributed by atoms with van der Waals surface area (Å²) in [5, 5.41) is 18.0. The molecule has 2 heterocycles. The SMILES string of the molecule is O=C(Nc1cc([N+](=O)[O-])ccc1Cl)C1CCCN(Cc2nc(-c3ccc(Br)cc3)no2)C1. The lowest BCUT2D eigenvalue weighted by atomic mass is 9.97. The Kier molecular flexibility index (Phi) is 6.83. The fourth-order valence-corrected chi connectivity index (χ4v) is 4.03. The van der Waals surface area contributed by atoms with Crippen LogP contribution >= 0.6 is 27.5 Å². The standard InChI is InChI=1S/C21H19BrClN5O4/c22-15-5-3-13(4-6-15)20-25-19(32-26-20)12-27-9-1-2-14(11-27)21(29)24-18-10-16(28(30)31)7-8-17(18)23/h3-8,10,14H,1-2,9,11-12H2,(H,24,29). The van der Waals surface area contributed by atoms with Crippen LogP contribution in [-0.4, -0.2) is 39.0 Å². The number of nitro groups is 1. The molecule has 3 aromatic rings. The summed E-state index contributed by atoms with van der Waals surface area (Å²) >= 11 is 9.50. The van der Waals surface area contributed by atoms with Crippen LogP contribution in [-0.2, 0) is 11.3 Å². The average Bonchev–Trinajstić information content (AvgIpc) is 3.24. The minimum atomic E-state index is -0.527. The second kappa shape index (κ2) is 9.76. The maximum atomic E-state index is 12.8. The number of piperidine rings is 1. The van der Waals surface area contributed by atoms with Crippen molar-refractivity contribution in [2.24, 2.45) is 5.92 Å². The first-order valence-corrected chi connectivity index (χ1v) is 11.1. The summed E-state index contributed by atoms with van der Waals surface area (Å²) in [5.74, 6) is 0.482. The molecule has 1 aliphatic rings. The zero-order valence-electron chi connectivity index (χ0n) is 16.8. The maximum Gasteiger partial charge on any atom is 0.271 e. The van der Waals surface area contributed by atoms with Crippen LogP contribution in [0, 0.1) is 16.0 Å². The van der Waals surface area contributed by atoms with Crippen molar-refractivity contribution < 1.29 is 14.2 Å². The predicted molar refractivity (Wildman–Crippen MR) is 122 cm³/mol. The number of likely N-dealkylation sites (tertiary alicyclic amines) is 1. The van der Waals surface area contributed by atoms with E-state index in [1.54, 1.807) is 0 Å². The Hall–Kier alpha value is -2.82. The number of halogens is 2. The fourth-order valence-electron chi connectivity index (χ4n) is 3.60. The zero-order chi connectivity index (χ0) is 22.7. The van der Waals surface area contributed by atoms with Crippen molar-refractivity contribution in [3.05, 3.63) is 68.0 Å². The number of aromatic nitrogens is 2.